The minimum atomic E-state index is -0.330. The van der Waals surface area contributed by atoms with Crippen LogP contribution in [0.1, 0.15) is 12.8 Å². The zero-order valence-electron chi connectivity index (χ0n) is 9.33. The second-order valence-corrected chi connectivity index (χ2v) is 5.69. The number of piperidine rings is 1. The number of alkyl halides is 1. The van der Waals surface area contributed by atoms with Crippen LogP contribution in [0.4, 0.5) is 4.39 Å². The topological polar surface area (TPSA) is 34.1 Å². The molecule has 0 bridgehead atoms. The highest BCUT2D eigenvalue weighted by atomic mass is 127. The van der Waals surface area contributed by atoms with Gasteiger partial charge in [0.1, 0.15) is 12.4 Å². The Labute approximate surface area is 113 Å². The summed E-state index contributed by atoms with van der Waals surface area (Å²) in [5.74, 6) is 0.926. The van der Waals surface area contributed by atoms with Crippen LogP contribution in [-0.4, -0.2) is 27.6 Å². The fourth-order valence-corrected chi connectivity index (χ4v) is 3.65. The van der Waals surface area contributed by atoms with Gasteiger partial charge in [0.05, 0.1) is 11.7 Å². The SMILES string of the molecule is Fc1ccc(OCC23CCC2C(CI)N3)nc1. The zero-order valence-corrected chi connectivity index (χ0v) is 11.5. The summed E-state index contributed by atoms with van der Waals surface area (Å²) in [6.45, 7) is 0.642. The van der Waals surface area contributed by atoms with Crippen molar-refractivity contribution in [1.82, 2.24) is 10.3 Å². The molecule has 0 aromatic carbocycles. The monoisotopic (exact) mass is 348 g/mol. The summed E-state index contributed by atoms with van der Waals surface area (Å²) in [6, 6.07) is 3.60. The number of rotatable bonds is 4. The smallest absolute Gasteiger partial charge is 0.213 e. The van der Waals surface area contributed by atoms with E-state index in [4.69, 9.17) is 4.74 Å². The third-order valence-electron chi connectivity index (χ3n) is 3.91. The van der Waals surface area contributed by atoms with Crippen LogP contribution < -0.4 is 10.1 Å². The van der Waals surface area contributed by atoms with Gasteiger partial charge >= 0.3 is 0 Å². The molecule has 0 amide bonds. The van der Waals surface area contributed by atoms with Crippen molar-refractivity contribution in [2.45, 2.75) is 24.4 Å². The number of hydrogen-bond acceptors (Lipinski definition) is 3. The minimum absolute atomic E-state index is 0.173. The predicted octanol–water partition coefficient (Wildman–Crippen LogP) is 2.16. The van der Waals surface area contributed by atoms with E-state index in [1.807, 2.05) is 0 Å². The Morgan fingerprint density at radius 2 is 2.47 bits per heavy atom. The molecule has 3 rings (SSSR count). The number of fused-ring (bicyclic) bond motifs is 1. The summed E-state index contributed by atoms with van der Waals surface area (Å²) in [5.41, 5.74) is 0.173. The maximum absolute atomic E-state index is 12.7. The molecule has 1 aliphatic carbocycles. The molecule has 3 atom stereocenters. The standard InChI is InChI=1S/C12H14FIN2O/c13-8-1-2-11(15-6-8)17-7-12-4-3-9(12)10(5-14)16-12/h1-2,6,9-10,16H,3-5,7H2. The van der Waals surface area contributed by atoms with E-state index in [0.717, 1.165) is 10.3 Å². The lowest BCUT2D eigenvalue weighted by molar-refractivity contribution is -0.0773. The highest BCUT2D eigenvalue weighted by Crippen LogP contribution is 2.49. The first kappa shape index (κ1) is 11.6. The second kappa shape index (κ2) is 4.35. The first-order valence-corrected chi connectivity index (χ1v) is 7.34. The zero-order chi connectivity index (χ0) is 11.9. The van der Waals surface area contributed by atoms with E-state index in [0.29, 0.717) is 18.5 Å². The van der Waals surface area contributed by atoms with Gasteiger partial charge in [0.25, 0.3) is 0 Å². The first-order chi connectivity index (χ1) is 8.23. The molecule has 0 spiro atoms. The molecule has 17 heavy (non-hydrogen) atoms. The van der Waals surface area contributed by atoms with Gasteiger partial charge in [-0.3, -0.25) is 0 Å². The molecule has 2 heterocycles. The van der Waals surface area contributed by atoms with Crippen LogP contribution >= 0.6 is 22.6 Å². The summed E-state index contributed by atoms with van der Waals surface area (Å²) in [5, 5.41) is 3.59. The van der Waals surface area contributed by atoms with Gasteiger partial charge in [-0.25, -0.2) is 9.37 Å². The van der Waals surface area contributed by atoms with Crippen LogP contribution in [0.2, 0.25) is 0 Å². The molecule has 2 aliphatic rings. The Hall–Kier alpha value is -0.430. The fourth-order valence-electron chi connectivity index (χ4n) is 2.82. The lowest BCUT2D eigenvalue weighted by Crippen LogP contribution is -2.79. The molecule has 0 radical (unpaired) electrons. The van der Waals surface area contributed by atoms with E-state index in [1.165, 1.54) is 25.1 Å². The van der Waals surface area contributed by atoms with Gasteiger partial charge in [-0.2, -0.15) is 0 Å². The van der Waals surface area contributed by atoms with Gasteiger partial charge < -0.3 is 10.1 Å². The van der Waals surface area contributed by atoms with Crippen molar-refractivity contribution >= 4 is 22.6 Å². The maximum Gasteiger partial charge on any atom is 0.213 e. The van der Waals surface area contributed by atoms with E-state index in [-0.39, 0.29) is 11.4 Å². The van der Waals surface area contributed by atoms with Gasteiger partial charge in [0, 0.05) is 16.5 Å². The average Bonchev–Trinajstić information content (AvgIpc) is 2.33. The largest absolute Gasteiger partial charge is 0.476 e. The molecule has 1 aromatic heterocycles. The quantitative estimate of drug-likeness (QED) is 0.669. The molecule has 1 saturated carbocycles. The second-order valence-electron chi connectivity index (χ2n) is 4.81. The molecule has 3 unspecified atom stereocenters. The molecular weight excluding hydrogens is 334 g/mol. The van der Waals surface area contributed by atoms with Crippen LogP contribution in [0.25, 0.3) is 0 Å². The van der Waals surface area contributed by atoms with Crippen molar-refractivity contribution in [2.75, 3.05) is 11.0 Å². The van der Waals surface area contributed by atoms with Crippen LogP contribution in [0, 0.1) is 11.7 Å². The molecule has 92 valence electrons. The predicted molar refractivity (Wildman–Crippen MR) is 71.0 cm³/mol. The Morgan fingerprint density at radius 3 is 3.00 bits per heavy atom. The van der Waals surface area contributed by atoms with Crippen LogP contribution in [-0.2, 0) is 0 Å². The Morgan fingerprint density at radius 1 is 1.59 bits per heavy atom. The number of aromatic nitrogens is 1. The lowest BCUT2D eigenvalue weighted by Gasteiger charge is -2.63. The molecular formula is C12H14FIN2O. The lowest BCUT2D eigenvalue weighted by atomic mass is 9.57. The number of nitrogens with one attached hydrogen (secondary N) is 1. The number of pyridine rings is 1. The molecule has 5 heteroatoms. The third kappa shape index (κ3) is 1.93. The minimum Gasteiger partial charge on any atom is -0.476 e. The number of nitrogens with zero attached hydrogens (tertiary/aromatic N) is 1. The van der Waals surface area contributed by atoms with Gasteiger partial charge in [-0.15, -0.1) is 0 Å². The summed E-state index contributed by atoms with van der Waals surface area (Å²) < 4.78 is 19.5. The average molecular weight is 348 g/mol. The van der Waals surface area contributed by atoms with E-state index in [2.05, 4.69) is 32.9 Å². The number of ether oxygens (including phenoxy) is 1. The number of halogens is 2. The van der Waals surface area contributed by atoms with Gasteiger partial charge in [0.15, 0.2) is 0 Å². The van der Waals surface area contributed by atoms with Gasteiger partial charge in [-0.05, 0) is 24.8 Å². The molecule has 1 aromatic rings. The van der Waals surface area contributed by atoms with Crippen molar-refractivity contribution in [3.05, 3.63) is 24.1 Å². The number of hydrogen-bond donors (Lipinski definition) is 1. The fraction of sp³-hybridized carbons (Fsp3) is 0.583. The van der Waals surface area contributed by atoms with Crippen molar-refractivity contribution in [3.63, 3.8) is 0 Å². The van der Waals surface area contributed by atoms with Crippen molar-refractivity contribution in [1.29, 1.82) is 0 Å². The summed E-state index contributed by atoms with van der Waals surface area (Å²) in [6.07, 6.45) is 3.65. The molecule has 2 fully saturated rings. The summed E-state index contributed by atoms with van der Waals surface area (Å²) in [4.78, 5) is 3.90. The van der Waals surface area contributed by atoms with Crippen LogP contribution in [0.15, 0.2) is 18.3 Å². The summed E-state index contributed by atoms with van der Waals surface area (Å²) in [7, 11) is 0. The van der Waals surface area contributed by atoms with Gasteiger partial charge in [-0.1, -0.05) is 22.6 Å². The molecule has 3 nitrogen and oxygen atoms in total. The van der Waals surface area contributed by atoms with E-state index in [1.54, 1.807) is 6.07 Å². The highest BCUT2D eigenvalue weighted by molar-refractivity contribution is 14.1. The normalized spacial score (nSPS) is 34.5. The van der Waals surface area contributed by atoms with Crippen molar-refractivity contribution in [2.24, 2.45) is 5.92 Å². The molecule has 1 saturated heterocycles. The Bertz CT molecular complexity index is 413. The van der Waals surface area contributed by atoms with Crippen molar-refractivity contribution < 1.29 is 9.13 Å². The van der Waals surface area contributed by atoms with Crippen molar-refractivity contribution in [3.8, 4) is 5.88 Å². The highest BCUT2D eigenvalue weighted by Gasteiger charge is 2.59. The van der Waals surface area contributed by atoms with E-state index < -0.39 is 0 Å². The third-order valence-corrected chi connectivity index (χ3v) is 4.86. The van der Waals surface area contributed by atoms with Gasteiger partial charge in [0.2, 0.25) is 5.88 Å². The Balaban J connectivity index is 1.57. The molecule has 1 aliphatic heterocycles. The first-order valence-electron chi connectivity index (χ1n) is 5.81. The maximum atomic E-state index is 12.7. The Kier molecular flexibility index (Phi) is 2.98. The summed E-state index contributed by atoms with van der Waals surface area (Å²) >= 11 is 2.42. The van der Waals surface area contributed by atoms with E-state index >= 15 is 0 Å². The van der Waals surface area contributed by atoms with Crippen LogP contribution in [0.3, 0.4) is 0 Å². The molecule has 1 N–H and O–H groups in total. The van der Waals surface area contributed by atoms with E-state index in [9.17, 15) is 4.39 Å². The van der Waals surface area contributed by atoms with Crippen LogP contribution in [0.5, 0.6) is 5.88 Å².